The number of hydrogen-bond donors (Lipinski definition) is 2. The molecular formula is C37H41N3O2. The minimum Gasteiger partial charge on any atom is -0.394 e. The molecular weight excluding hydrogens is 518 g/mol. The number of aliphatic hydroxyl groups is 1. The third kappa shape index (κ3) is 5.71. The molecule has 3 aromatic carbocycles. The second-order valence-electron chi connectivity index (χ2n) is 12.0. The molecule has 2 aromatic heterocycles. The number of rotatable bonds is 8. The largest absolute Gasteiger partial charge is 0.394 e. The van der Waals surface area contributed by atoms with Crippen molar-refractivity contribution in [3.63, 3.8) is 0 Å². The monoisotopic (exact) mass is 559 g/mol. The number of nitrogens with zero attached hydrogens (tertiary/aromatic N) is 2. The van der Waals surface area contributed by atoms with Crippen LogP contribution in [0.4, 0.5) is 0 Å². The van der Waals surface area contributed by atoms with E-state index in [1.807, 2.05) is 30.3 Å². The van der Waals surface area contributed by atoms with Gasteiger partial charge >= 0.3 is 0 Å². The SMILES string of the molecule is Cc1cc(C)n2c(n1)c(Cc1ccc([C@@H](C(=O)N[C@@H](CO)c3ccccc3)C3CCCCCC3)cc1)c1ccccc12. The number of nitrogens with one attached hydrogen (secondary N) is 1. The molecule has 5 heteroatoms. The second-order valence-corrected chi connectivity index (χ2v) is 12.0. The Bertz CT molecular complexity index is 1660. The third-order valence-corrected chi connectivity index (χ3v) is 9.08. The lowest BCUT2D eigenvalue weighted by atomic mass is 9.80. The highest BCUT2D eigenvalue weighted by Crippen LogP contribution is 2.37. The van der Waals surface area contributed by atoms with Crippen LogP contribution in [0.25, 0.3) is 16.6 Å². The summed E-state index contributed by atoms with van der Waals surface area (Å²) in [6, 6.07) is 28.7. The number of aliphatic hydroxyl groups excluding tert-OH is 1. The number of hydrogen-bond acceptors (Lipinski definition) is 3. The predicted molar refractivity (Wildman–Crippen MR) is 170 cm³/mol. The van der Waals surface area contributed by atoms with E-state index in [1.54, 1.807) is 0 Å². The van der Waals surface area contributed by atoms with E-state index in [0.29, 0.717) is 5.92 Å². The number of aryl methyl sites for hydroxylation is 2. The number of amides is 1. The van der Waals surface area contributed by atoms with Crippen molar-refractivity contribution in [3.05, 3.63) is 119 Å². The van der Waals surface area contributed by atoms with Crippen LogP contribution in [0.3, 0.4) is 0 Å². The van der Waals surface area contributed by atoms with E-state index < -0.39 is 6.04 Å². The molecule has 2 atom stereocenters. The van der Waals surface area contributed by atoms with Crippen molar-refractivity contribution in [2.45, 2.75) is 70.8 Å². The average molecular weight is 560 g/mol. The van der Waals surface area contributed by atoms with Gasteiger partial charge in [0, 0.05) is 28.8 Å². The van der Waals surface area contributed by atoms with Crippen molar-refractivity contribution < 1.29 is 9.90 Å². The van der Waals surface area contributed by atoms with Crippen LogP contribution in [0.2, 0.25) is 0 Å². The molecule has 5 aromatic rings. The van der Waals surface area contributed by atoms with Gasteiger partial charge < -0.3 is 10.4 Å². The van der Waals surface area contributed by atoms with Gasteiger partial charge in [-0.3, -0.25) is 9.20 Å². The summed E-state index contributed by atoms with van der Waals surface area (Å²) in [4.78, 5) is 18.9. The Balaban J connectivity index is 1.31. The second kappa shape index (κ2) is 12.5. The molecule has 6 rings (SSSR count). The molecule has 5 nitrogen and oxygen atoms in total. The smallest absolute Gasteiger partial charge is 0.228 e. The fourth-order valence-corrected chi connectivity index (χ4v) is 7.02. The van der Waals surface area contributed by atoms with E-state index in [9.17, 15) is 9.90 Å². The first-order valence-electron chi connectivity index (χ1n) is 15.4. The van der Waals surface area contributed by atoms with Gasteiger partial charge in [-0.1, -0.05) is 98.5 Å². The molecule has 0 spiro atoms. The molecule has 1 aliphatic rings. The van der Waals surface area contributed by atoms with Crippen LogP contribution in [-0.2, 0) is 11.2 Å². The maximum absolute atomic E-state index is 14.0. The van der Waals surface area contributed by atoms with Gasteiger partial charge in [0.05, 0.1) is 24.1 Å². The minimum absolute atomic E-state index is 0.0112. The topological polar surface area (TPSA) is 66.6 Å². The predicted octanol–water partition coefficient (Wildman–Crippen LogP) is 7.60. The van der Waals surface area contributed by atoms with Gasteiger partial charge in [-0.25, -0.2) is 4.98 Å². The summed E-state index contributed by atoms with van der Waals surface area (Å²) in [6.07, 6.45) is 7.68. The van der Waals surface area contributed by atoms with Gasteiger partial charge in [-0.2, -0.15) is 0 Å². The summed E-state index contributed by atoms with van der Waals surface area (Å²) in [7, 11) is 0. The molecule has 216 valence electrons. The Kier molecular flexibility index (Phi) is 8.38. The molecule has 1 aliphatic carbocycles. The van der Waals surface area contributed by atoms with Gasteiger partial charge in [0.1, 0.15) is 5.65 Å². The lowest BCUT2D eigenvalue weighted by Gasteiger charge is -2.28. The zero-order valence-electron chi connectivity index (χ0n) is 24.7. The number of benzene rings is 3. The van der Waals surface area contributed by atoms with Crippen LogP contribution in [0.1, 0.15) is 84.1 Å². The fourth-order valence-electron chi connectivity index (χ4n) is 7.02. The van der Waals surface area contributed by atoms with E-state index >= 15 is 0 Å². The van der Waals surface area contributed by atoms with Crippen LogP contribution >= 0.6 is 0 Å². The first kappa shape index (κ1) is 28.2. The lowest BCUT2D eigenvalue weighted by molar-refractivity contribution is -0.125. The molecule has 42 heavy (non-hydrogen) atoms. The van der Waals surface area contributed by atoms with Crippen molar-refractivity contribution in [2.75, 3.05) is 6.61 Å². The number of para-hydroxylation sites is 1. The Labute approximate surface area is 248 Å². The molecule has 0 bridgehead atoms. The van der Waals surface area contributed by atoms with Crippen LogP contribution < -0.4 is 5.32 Å². The third-order valence-electron chi connectivity index (χ3n) is 9.08. The standard InChI is InChI=1S/C37H41N3O2/c1-25-22-26(2)40-34-17-11-10-16-31(34)32(36(40)38-25)23-27-18-20-30(21-19-27)35(29-14-6-3-4-7-15-29)37(42)39-33(24-41)28-12-8-5-9-13-28/h5,8-13,16-22,29,33,35,41H,3-4,6-7,14-15,23-24H2,1-2H3,(H,39,42)/t33-,35-/m0/s1. The number of carbonyl (C=O) groups excluding carboxylic acids is 1. The molecule has 1 fully saturated rings. The summed E-state index contributed by atoms with van der Waals surface area (Å²) in [5, 5.41) is 14.6. The molecule has 1 amide bonds. The molecule has 0 radical (unpaired) electrons. The molecule has 1 saturated carbocycles. The van der Waals surface area contributed by atoms with E-state index in [0.717, 1.165) is 54.6 Å². The van der Waals surface area contributed by atoms with E-state index in [2.05, 4.69) is 78.2 Å². The zero-order chi connectivity index (χ0) is 29.1. The summed E-state index contributed by atoms with van der Waals surface area (Å²) in [5.41, 5.74) is 8.83. The quantitative estimate of drug-likeness (QED) is 0.192. The van der Waals surface area contributed by atoms with Crippen molar-refractivity contribution in [1.29, 1.82) is 0 Å². The van der Waals surface area contributed by atoms with Gasteiger partial charge in [0.15, 0.2) is 0 Å². The highest BCUT2D eigenvalue weighted by atomic mass is 16.3. The highest BCUT2D eigenvalue weighted by Gasteiger charge is 2.32. The fraction of sp³-hybridized carbons (Fsp3) is 0.351. The van der Waals surface area contributed by atoms with Crippen molar-refractivity contribution in [2.24, 2.45) is 5.92 Å². The highest BCUT2D eigenvalue weighted by molar-refractivity contribution is 5.91. The normalized spacial score (nSPS) is 15.9. The summed E-state index contributed by atoms with van der Waals surface area (Å²) in [6.45, 7) is 4.07. The van der Waals surface area contributed by atoms with Crippen molar-refractivity contribution in [3.8, 4) is 0 Å². The number of aromatic nitrogens is 2. The zero-order valence-corrected chi connectivity index (χ0v) is 24.7. The van der Waals surface area contributed by atoms with Crippen LogP contribution in [0.5, 0.6) is 0 Å². The van der Waals surface area contributed by atoms with Gasteiger partial charge in [0.2, 0.25) is 5.91 Å². The number of fused-ring (bicyclic) bond motifs is 3. The average Bonchev–Trinajstić information content (AvgIpc) is 3.13. The van der Waals surface area contributed by atoms with Gasteiger partial charge in [0.25, 0.3) is 0 Å². The number of carbonyl (C=O) groups is 1. The van der Waals surface area contributed by atoms with Crippen LogP contribution in [-0.4, -0.2) is 27.0 Å². The van der Waals surface area contributed by atoms with Crippen LogP contribution in [0, 0.1) is 19.8 Å². The van der Waals surface area contributed by atoms with Gasteiger partial charge in [-0.05, 0) is 61.4 Å². The van der Waals surface area contributed by atoms with Crippen LogP contribution in [0.15, 0.2) is 84.9 Å². The Morgan fingerprint density at radius 3 is 2.31 bits per heavy atom. The molecule has 0 saturated heterocycles. The molecule has 2 heterocycles. The minimum atomic E-state index is -0.415. The Morgan fingerprint density at radius 1 is 0.905 bits per heavy atom. The Morgan fingerprint density at radius 2 is 1.60 bits per heavy atom. The summed E-state index contributed by atoms with van der Waals surface area (Å²) < 4.78 is 2.27. The van der Waals surface area contributed by atoms with E-state index in [1.165, 1.54) is 40.6 Å². The first-order chi connectivity index (χ1) is 20.5. The molecule has 0 aliphatic heterocycles. The Hall–Kier alpha value is -3.96. The van der Waals surface area contributed by atoms with Crippen molar-refractivity contribution >= 4 is 22.5 Å². The van der Waals surface area contributed by atoms with Crippen molar-refractivity contribution in [1.82, 2.24) is 14.7 Å². The molecule has 0 unspecified atom stereocenters. The molecule has 2 N–H and O–H groups in total. The summed E-state index contributed by atoms with van der Waals surface area (Å²) >= 11 is 0. The first-order valence-corrected chi connectivity index (χ1v) is 15.4. The maximum Gasteiger partial charge on any atom is 0.228 e. The van der Waals surface area contributed by atoms with E-state index in [-0.39, 0.29) is 18.4 Å². The van der Waals surface area contributed by atoms with E-state index in [4.69, 9.17) is 4.98 Å². The maximum atomic E-state index is 14.0. The summed E-state index contributed by atoms with van der Waals surface area (Å²) in [5.74, 6) is 0.0677. The van der Waals surface area contributed by atoms with Gasteiger partial charge in [-0.15, -0.1) is 0 Å². The lowest BCUT2D eigenvalue weighted by Crippen LogP contribution is -2.37.